The van der Waals surface area contributed by atoms with E-state index in [1.54, 1.807) is 24.3 Å². The van der Waals surface area contributed by atoms with E-state index >= 15 is 0 Å². The largest absolute Gasteiger partial charge is 0.508 e. The van der Waals surface area contributed by atoms with Crippen LogP contribution in [-0.4, -0.2) is 66.3 Å². The van der Waals surface area contributed by atoms with Gasteiger partial charge in [0.05, 0.1) is 5.71 Å². The minimum atomic E-state index is -0.0722. The molecule has 6 nitrogen and oxygen atoms in total. The van der Waals surface area contributed by atoms with Crippen LogP contribution in [0.15, 0.2) is 29.4 Å². The fourth-order valence-corrected chi connectivity index (χ4v) is 2.30. The monoisotopic (exact) mass is 304 g/mol. The van der Waals surface area contributed by atoms with Crippen LogP contribution in [0, 0.1) is 0 Å². The smallest absolute Gasteiger partial charge is 0.241 e. The highest BCUT2D eigenvalue weighted by Crippen LogP contribution is 2.10. The van der Waals surface area contributed by atoms with Gasteiger partial charge in [-0.3, -0.25) is 4.79 Å². The van der Waals surface area contributed by atoms with Gasteiger partial charge in [-0.25, -0.2) is 5.43 Å². The Balaban J connectivity index is 1.74. The second-order valence-corrected chi connectivity index (χ2v) is 5.67. The summed E-state index contributed by atoms with van der Waals surface area (Å²) >= 11 is 0. The Kier molecular flexibility index (Phi) is 5.91. The summed E-state index contributed by atoms with van der Waals surface area (Å²) in [5.41, 5.74) is 4.18. The number of phenolic OH excluding ortho intramolecular Hbond substituents is 1. The summed E-state index contributed by atoms with van der Waals surface area (Å²) < 4.78 is 0. The van der Waals surface area contributed by atoms with Crippen molar-refractivity contribution in [1.82, 2.24) is 15.2 Å². The quantitative estimate of drug-likeness (QED) is 0.626. The van der Waals surface area contributed by atoms with E-state index in [1.807, 2.05) is 6.92 Å². The minimum Gasteiger partial charge on any atom is -0.508 e. The number of amides is 1. The van der Waals surface area contributed by atoms with Crippen molar-refractivity contribution in [2.75, 3.05) is 39.8 Å². The number of carbonyl (C=O) groups is 1. The van der Waals surface area contributed by atoms with Gasteiger partial charge >= 0.3 is 0 Å². The van der Waals surface area contributed by atoms with E-state index in [0.717, 1.165) is 38.3 Å². The predicted octanol–water partition coefficient (Wildman–Crippen LogP) is 0.870. The molecule has 2 N–H and O–H groups in total. The molecule has 6 heteroatoms. The summed E-state index contributed by atoms with van der Waals surface area (Å²) in [5, 5.41) is 13.4. The molecule has 1 fully saturated rings. The zero-order valence-corrected chi connectivity index (χ0v) is 13.2. The summed E-state index contributed by atoms with van der Waals surface area (Å²) in [5.74, 6) is 0.143. The molecule has 0 aliphatic carbocycles. The number of rotatable bonds is 5. The van der Waals surface area contributed by atoms with Gasteiger partial charge in [0.25, 0.3) is 0 Å². The standard InChI is InChI=1S/C16H24N4O2/c1-13(14-3-5-15(21)6-4-14)17-18-16(22)7-8-20-11-9-19(2)10-12-20/h3-6,21H,7-12H2,1-2H3,(H,18,22)/b17-13-. The Morgan fingerprint density at radius 3 is 2.50 bits per heavy atom. The second-order valence-electron chi connectivity index (χ2n) is 5.67. The number of piperazine rings is 1. The highest BCUT2D eigenvalue weighted by Gasteiger charge is 2.14. The van der Waals surface area contributed by atoms with Crippen molar-refractivity contribution in [3.05, 3.63) is 29.8 Å². The van der Waals surface area contributed by atoms with Crippen LogP contribution in [0.2, 0.25) is 0 Å². The second kappa shape index (κ2) is 7.91. The van der Waals surface area contributed by atoms with Gasteiger partial charge in [0.1, 0.15) is 5.75 Å². The summed E-state index contributed by atoms with van der Waals surface area (Å²) in [6.45, 7) is 6.74. The molecular formula is C16H24N4O2. The maximum absolute atomic E-state index is 11.8. The molecule has 1 aliphatic rings. The third-order valence-electron chi connectivity index (χ3n) is 3.88. The number of nitrogens with zero attached hydrogens (tertiary/aromatic N) is 3. The molecule has 1 saturated heterocycles. The molecule has 0 bridgehead atoms. The minimum absolute atomic E-state index is 0.0722. The van der Waals surface area contributed by atoms with Crippen LogP contribution in [-0.2, 0) is 4.79 Å². The molecule has 0 saturated carbocycles. The van der Waals surface area contributed by atoms with Crippen LogP contribution >= 0.6 is 0 Å². The van der Waals surface area contributed by atoms with E-state index in [2.05, 4.69) is 27.4 Å². The summed E-state index contributed by atoms with van der Waals surface area (Å²) in [7, 11) is 2.12. The van der Waals surface area contributed by atoms with Crippen LogP contribution < -0.4 is 5.43 Å². The SMILES string of the molecule is C/C(=N/NC(=O)CCN1CCN(C)CC1)c1ccc(O)cc1. The molecule has 1 heterocycles. The van der Waals surface area contributed by atoms with E-state index in [4.69, 9.17) is 0 Å². The van der Waals surface area contributed by atoms with Crippen molar-refractivity contribution in [3.63, 3.8) is 0 Å². The number of phenols is 1. The molecule has 1 aromatic carbocycles. The van der Waals surface area contributed by atoms with Crippen LogP contribution in [0.5, 0.6) is 5.75 Å². The van der Waals surface area contributed by atoms with E-state index in [1.165, 1.54) is 0 Å². The van der Waals surface area contributed by atoms with Crippen molar-refractivity contribution >= 4 is 11.6 Å². The molecule has 0 aromatic heterocycles. The van der Waals surface area contributed by atoms with Crippen molar-refractivity contribution in [3.8, 4) is 5.75 Å². The van der Waals surface area contributed by atoms with Crippen LogP contribution in [0.25, 0.3) is 0 Å². The lowest BCUT2D eigenvalue weighted by Crippen LogP contribution is -2.45. The molecule has 120 valence electrons. The third kappa shape index (κ3) is 5.13. The maximum atomic E-state index is 11.8. The highest BCUT2D eigenvalue weighted by molar-refractivity contribution is 5.99. The molecule has 0 atom stereocenters. The fourth-order valence-electron chi connectivity index (χ4n) is 2.30. The molecule has 22 heavy (non-hydrogen) atoms. The Bertz CT molecular complexity index is 519. The van der Waals surface area contributed by atoms with Gasteiger partial charge < -0.3 is 14.9 Å². The average Bonchev–Trinajstić information content (AvgIpc) is 2.52. The van der Waals surface area contributed by atoms with Crippen LogP contribution in [0.3, 0.4) is 0 Å². The van der Waals surface area contributed by atoms with Crippen molar-refractivity contribution < 1.29 is 9.90 Å². The first-order chi connectivity index (χ1) is 10.5. The molecule has 1 aliphatic heterocycles. The number of likely N-dealkylation sites (N-methyl/N-ethyl adjacent to an activating group) is 1. The van der Waals surface area contributed by atoms with E-state index in [0.29, 0.717) is 12.1 Å². The number of benzene rings is 1. The first-order valence-corrected chi connectivity index (χ1v) is 7.58. The number of carbonyl (C=O) groups excluding carboxylic acids is 1. The fraction of sp³-hybridized carbons (Fsp3) is 0.500. The molecule has 1 aromatic rings. The zero-order chi connectivity index (χ0) is 15.9. The molecule has 2 rings (SSSR count). The summed E-state index contributed by atoms with van der Waals surface area (Å²) in [4.78, 5) is 16.4. The zero-order valence-electron chi connectivity index (χ0n) is 13.2. The lowest BCUT2D eigenvalue weighted by Gasteiger charge is -2.32. The third-order valence-corrected chi connectivity index (χ3v) is 3.88. The van der Waals surface area contributed by atoms with E-state index in [9.17, 15) is 9.90 Å². The summed E-state index contributed by atoms with van der Waals surface area (Å²) in [6.07, 6.45) is 0.454. The molecule has 0 spiro atoms. The number of hydrogen-bond donors (Lipinski definition) is 2. The van der Waals surface area contributed by atoms with Gasteiger partial charge in [0.2, 0.25) is 5.91 Å². The lowest BCUT2D eigenvalue weighted by atomic mass is 10.1. The van der Waals surface area contributed by atoms with Gasteiger partial charge in [0, 0.05) is 39.1 Å². The normalized spacial score (nSPS) is 17.5. The van der Waals surface area contributed by atoms with Gasteiger partial charge in [-0.1, -0.05) is 0 Å². The Morgan fingerprint density at radius 2 is 1.86 bits per heavy atom. The van der Waals surface area contributed by atoms with Gasteiger partial charge in [-0.05, 0) is 43.8 Å². The van der Waals surface area contributed by atoms with Gasteiger partial charge in [-0.2, -0.15) is 5.10 Å². The first-order valence-electron chi connectivity index (χ1n) is 7.58. The first kappa shape index (κ1) is 16.5. The number of hydrazone groups is 1. The van der Waals surface area contributed by atoms with Crippen LogP contribution in [0.4, 0.5) is 0 Å². The molecule has 1 amide bonds. The van der Waals surface area contributed by atoms with E-state index < -0.39 is 0 Å². The molecule has 0 unspecified atom stereocenters. The Hall–Kier alpha value is -1.92. The molecular weight excluding hydrogens is 280 g/mol. The highest BCUT2D eigenvalue weighted by atomic mass is 16.3. The Labute approximate surface area is 131 Å². The van der Waals surface area contributed by atoms with Gasteiger partial charge in [0.15, 0.2) is 0 Å². The van der Waals surface area contributed by atoms with E-state index in [-0.39, 0.29) is 11.7 Å². The number of aromatic hydroxyl groups is 1. The lowest BCUT2D eigenvalue weighted by molar-refractivity contribution is -0.121. The van der Waals surface area contributed by atoms with Crippen molar-refractivity contribution in [2.45, 2.75) is 13.3 Å². The van der Waals surface area contributed by atoms with Crippen molar-refractivity contribution in [1.29, 1.82) is 0 Å². The molecule has 0 radical (unpaired) electrons. The maximum Gasteiger partial charge on any atom is 0.241 e. The number of hydrogen-bond acceptors (Lipinski definition) is 5. The average molecular weight is 304 g/mol. The van der Waals surface area contributed by atoms with Crippen LogP contribution in [0.1, 0.15) is 18.9 Å². The number of nitrogens with one attached hydrogen (secondary N) is 1. The topological polar surface area (TPSA) is 68.2 Å². The van der Waals surface area contributed by atoms with Gasteiger partial charge in [-0.15, -0.1) is 0 Å². The Morgan fingerprint density at radius 1 is 1.23 bits per heavy atom. The van der Waals surface area contributed by atoms with Crippen molar-refractivity contribution in [2.24, 2.45) is 5.10 Å². The predicted molar refractivity (Wildman–Crippen MR) is 87.0 cm³/mol. The summed E-state index contributed by atoms with van der Waals surface area (Å²) in [6, 6.07) is 6.74.